The Hall–Kier alpha value is -0.840. The minimum Gasteiger partial charge on any atom is -0.372 e. The van der Waals surface area contributed by atoms with Crippen LogP contribution in [0.4, 0.5) is 0 Å². The lowest BCUT2D eigenvalue weighted by atomic mass is 10.2. The number of aromatic nitrogens is 2. The van der Waals surface area contributed by atoms with Gasteiger partial charge in [0.2, 0.25) is 11.8 Å². The Morgan fingerprint density at radius 1 is 1.20 bits per heavy atom. The molecule has 1 aliphatic rings. The van der Waals surface area contributed by atoms with Gasteiger partial charge in [-0.15, -0.1) is 10.2 Å². The predicted octanol–water partition coefficient (Wildman–Crippen LogP) is 1.88. The maximum Gasteiger partial charge on any atom is 0.233 e. The number of amides is 2. The number of morpholine rings is 1. The van der Waals surface area contributed by atoms with Crippen LogP contribution in [0.1, 0.15) is 27.2 Å². The second-order valence-corrected chi connectivity index (χ2v) is 9.24. The summed E-state index contributed by atoms with van der Waals surface area (Å²) in [5.74, 6) is 0.773. The Kier molecular flexibility index (Phi) is 8.47. The number of rotatable bonds is 8. The van der Waals surface area contributed by atoms with Gasteiger partial charge in [-0.05, 0) is 20.3 Å². The smallest absolute Gasteiger partial charge is 0.233 e. The van der Waals surface area contributed by atoms with E-state index in [1.807, 2.05) is 25.7 Å². The van der Waals surface area contributed by atoms with Crippen LogP contribution < -0.4 is 5.32 Å². The molecule has 2 atom stereocenters. The monoisotopic (exact) mass is 404 g/mol. The summed E-state index contributed by atoms with van der Waals surface area (Å²) in [5.41, 5.74) is 0. The molecular weight excluding hydrogens is 380 g/mol. The SMILES string of the molecule is CCCNC(=O)CSc1nnc(SCC(=O)N2C[C@H](C)O[C@@H](C)C2)s1. The minimum absolute atomic E-state index is 0.00184. The molecule has 0 spiro atoms. The minimum atomic E-state index is 0.00184. The molecule has 0 bridgehead atoms. The van der Waals surface area contributed by atoms with Gasteiger partial charge in [-0.2, -0.15) is 0 Å². The fourth-order valence-corrected chi connectivity index (χ4v) is 5.11. The summed E-state index contributed by atoms with van der Waals surface area (Å²) in [6, 6.07) is 0. The van der Waals surface area contributed by atoms with Crippen molar-refractivity contribution in [2.75, 3.05) is 31.1 Å². The van der Waals surface area contributed by atoms with Crippen LogP contribution in [0.3, 0.4) is 0 Å². The largest absolute Gasteiger partial charge is 0.372 e. The lowest BCUT2D eigenvalue weighted by Crippen LogP contribution is -2.48. The van der Waals surface area contributed by atoms with Crippen LogP contribution in [0.2, 0.25) is 0 Å². The van der Waals surface area contributed by atoms with Crippen LogP contribution in [0, 0.1) is 0 Å². The Bertz CT molecular complexity index is 574. The third-order valence-corrected chi connectivity index (χ3v) is 6.55. The van der Waals surface area contributed by atoms with Gasteiger partial charge in [0.05, 0.1) is 23.7 Å². The molecule has 1 aromatic rings. The molecule has 2 rings (SSSR count). The number of nitrogens with zero attached hydrogens (tertiary/aromatic N) is 3. The summed E-state index contributed by atoms with van der Waals surface area (Å²) in [4.78, 5) is 25.8. The quantitative estimate of drug-likeness (QED) is 0.662. The van der Waals surface area contributed by atoms with E-state index in [1.54, 1.807) is 0 Å². The van der Waals surface area contributed by atoms with Crippen molar-refractivity contribution < 1.29 is 14.3 Å². The molecule has 1 aromatic heterocycles. The van der Waals surface area contributed by atoms with Gasteiger partial charge in [-0.1, -0.05) is 41.8 Å². The molecule has 0 radical (unpaired) electrons. The van der Waals surface area contributed by atoms with Crippen molar-refractivity contribution in [3.63, 3.8) is 0 Å². The number of hydrogen-bond donors (Lipinski definition) is 1. The normalized spacial score (nSPS) is 20.5. The van der Waals surface area contributed by atoms with Gasteiger partial charge < -0.3 is 15.0 Å². The zero-order valence-corrected chi connectivity index (χ0v) is 17.1. The van der Waals surface area contributed by atoms with Crippen molar-refractivity contribution in [3.8, 4) is 0 Å². The van der Waals surface area contributed by atoms with E-state index in [1.165, 1.54) is 34.9 Å². The van der Waals surface area contributed by atoms with Crippen LogP contribution in [0.15, 0.2) is 8.68 Å². The maximum absolute atomic E-state index is 12.3. The molecule has 0 aromatic carbocycles. The Morgan fingerprint density at radius 2 is 1.80 bits per heavy atom. The molecule has 1 aliphatic heterocycles. The van der Waals surface area contributed by atoms with Crippen molar-refractivity contribution in [1.82, 2.24) is 20.4 Å². The summed E-state index contributed by atoms with van der Waals surface area (Å²) in [6.07, 6.45) is 1.06. The molecule has 0 aliphatic carbocycles. The second kappa shape index (κ2) is 10.3. The van der Waals surface area contributed by atoms with E-state index in [0.29, 0.717) is 31.1 Å². The van der Waals surface area contributed by atoms with Crippen LogP contribution in [-0.2, 0) is 14.3 Å². The van der Waals surface area contributed by atoms with E-state index in [4.69, 9.17) is 4.74 Å². The predicted molar refractivity (Wildman–Crippen MR) is 101 cm³/mol. The van der Waals surface area contributed by atoms with Gasteiger partial charge in [0, 0.05) is 19.6 Å². The molecule has 1 saturated heterocycles. The summed E-state index contributed by atoms with van der Waals surface area (Å²) in [5, 5.41) is 11.0. The van der Waals surface area contributed by atoms with Crippen molar-refractivity contribution in [2.24, 2.45) is 0 Å². The average molecular weight is 405 g/mol. The summed E-state index contributed by atoms with van der Waals surface area (Å²) >= 11 is 4.18. The molecule has 1 fully saturated rings. The standard InChI is InChI=1S/C15H24N4O3S3/c1-4-5-16-12(20)8-23-14-17-18-15(25-14)24-9-13(21)19-6-10(2)22-11(3)7-19/h10-11H,4-9H2,1-3H3,(H,16,20)/t10-,11-/m0/s1. The van der Waals surface area contributed by atoms with Gasteiger partial charge in [0.25, 0.3) is 0 Å². The van der Waals surface area contributed by atoms with Gasteiger partial charge in [-0.25, -0.2) is 0 Å². The molecule has 10 heteroatoms. The van der Waals surface area contributed by atoms with E-state index in [0.717, 1.165) is 15.1 Å². The first-order valence-corrected chi connectivity index (χ1v) is 11.1. The average Bonchev–Trinajstić information content (AvgIpc) is 3.03. The molecule has 140 valence electrons. The summed E-state index contributed by atoms with van der Waals surface area (Å²) in [7, 11) is 0. The van der Waals surface area contributed by atoms with Crippen LogP contribution in [-0.4, -0.2) is 70.3 Å². The number of ether oxygens (including phenoxy) is 1. The Morgan fingerprint density at radius 3 is 2.40 bits per heavy atom. The first-order valence-electron chi connectivity index (χ1n) is 8.27. The second-order valence-electron chi connectivity index (χ2n) is 5.82. The zero-order chi connectivity index (χ0) is 18.2. The van der Waals surface area contributed by atoms with Gasteiger partial charge in [0.1, 0.15) is 0 Å². The highest BCUT2D eigenvalue weighted by molar-refractivity contribution is 8.03. The molecule has 25 heavy (non-hydrogen) atoms. The zero-order valence-electron chi connectivity index (χ0n) is 14.7. The molecular formula is C15H24N4O3S3. The van der Waals surface area contributed by atoms with Crippen molar-refractivity contribution in [2.45, 2.75) is 48.1 Å². The highest BCUT2D eigenvalue weighted by Gasteiger charge is 2.25. The lowest BCUT2D eigenvalue weighted by Gasteiger charge is -2.35. The van der Waals surface area contributed by atoms with Gasteiger partial charge >= 0.3 is 0 Å². The molecule has 0 unspecified atom stereocenters. The van der Waals surface area contributed by atoms with Crippen molar-refractivity contribution in [1.29, 1.82) is 0 Å². The number of carbonyl (C=O) groups excluding carboxylic acids is 2. The third-order valence-electron chi connectivity index (χ3n) is 3.38. The molecule has 2 amide bonds. The van der Waals surface area contributed by atoms with E-state index < -0.39 is 0 Å². The maximum atomic E-state index is 12.3. The lowest BCUT2D eigenvalue weighted by molar-refractivity contribution is -0.140. The molecule has 1 N–H and O–H groups in total. The molecule has 0 saturated carbocycles. The number of carbonyl (C=O) groups is 2. The van der Waals surface area contributed by atoms with Crippen molar-refractivity contribution >= 4 is 46.7 Å². The Labute approximate surface area is 160 Å². The Balaban J connectivity index is 1.73. The molecule has 7 nitrogen and oxygen atoms in total. The van der Waals surface area contributed by atoms with E-state index >= 15 is 0 Å². The van der Waals surface area contributed by atoms with E-state index in [2.05, 4.69) is 15.5 Å². The number of thioether (sulfide) groups is 2. The molecule has 2 heterocycles. The highest BCUT2D eigenvalue weighted by atomic mass is 32.2. The number of nitrogens with one attached hydrogen (secondary N) is 1. The number of hydrogen-bond acceptors (Lipinski definition) is 8. The summed E-state index contributed by atoms with van der Waals surface area (Å²) < 4.78 is 7.14. The van der Waals surface area contributed by atoms with Crippen molar-refractivity contribution in [3.05, 3.63) is 0 Å². The van der Waals surface area contributed by atoms with Gasteiger partial charge in [0.15, 0.2) is 8.68 Å². The first kappa shape index (κ1) is 20.5. The first-order chi connectivity index (χ1) is 12.0. The fourth-order valence-electron chi connectivity index (χ4n) is 2.35. The topological polar surface area (TPSA) is 84.4 Å². The highest BCUT2D eigenvalue weighted by Crippen LogP contribution is 2.29. The third kappa shape index (κ3) is 7.12. The van der Waals surface area contributed by atoms with E-state index in [9.17, 15) is 9.59 Å². The van der Waals surface area contributed by atoms with Crippen LogP contribution in [0.5, 0.6) is 0 Å². The van der Waals surface area contributed by atoms with Crippen LogP contribution in [0.25, 0.3) is 0 Å². The summed E-state index contributed by atoms with van der Waals surface area (Å²) in [6.45, 7) is 7.93. The van der Waals surface area contributed by atoms with Gasteiger partial charge in [-0.3, -0.25) is 9.59 Å². The fraction of sp³-hybridized carbons (Fsp3) is 0.733. The van der Waals surface area contributed by atoms with E-state index in [-0.39, 0.29) is 24.0 Å². The van der Waals surface area contributed by atoms with Crippen LogP contribution >= 0.6 is 34.9 Å².